The molecule has 0 unspecified atom stereocenters. The Balaban J connectivity index is 2.14. The second-order valence-electron chi connectivity index (χ2n) is 4.96. The summed E-state index contributed by atoms with van der Waals surface area (Å²) in [5.74, 6) is 0.698. The maximum atomic E-state index is 8.69. The minimum absolute atomic E-state index is 0.0501. The van der Waals surface area contributed by atoms with E-state index in [1.807, 2.05) is 11.4 Å². The Kier molecular flexibility index (Phi) is 3.30. The van der Waals surface area contributed by atoms with E-state index in [2.05, 4.69) is 36.1 Å². The van der Waals surface area contributed by atoms with Crippen LogP contribution in [-0.4, -0.2) is 9.97 Å². The highest BCUT2D eigenvalue weighted by Crippen LogP contribution is 2.27. The van der Waals surface area contributed by atoms with Gasteiger partial charge in [-0.1, -0.05) is 20.8 Å². The Morgan fingerprint density at radius 1 is 1.33 bits per heavy atom. The van der Waals surface area contributed by atoms with Crippen LogP contribution in [0.15, 0.2) is 23.7 Å². The molecule has 0 aliphatic carbocycles. The van der Waals surface area contributed by atoms with Crippen molar-refractivity contribution in [2.75, 3.05) is 5.32 Å². The highest BCUT2D eigenvalue weighted by Gasteiger charge is 2.17. The molecular weight excluding hydrogens is 244 g/mol. The molecule has 2 aromatic rings. The normalized spacial score (nSPS) is 11.0. The number of nitrogens with one attached hydrogen (secondary N) is 1. The number of hydrogen-bond donors (Lipinski definition) is 1. The van der Waals surface area contributed by atoms with Gasteiger partial charge in [-0.05, 0) is 12.1 Å². The third-order valence-corrected chi connectivity index (χ3v) is 3.16. The summed E-state index contributed by atoms with van der Waals surface area (Å²) in [6, 6.07) is 5.54. The topological polar surface area (TPSA) is 61.6 Å². The zero-order valence-electron chi connectivity index (χ0n) is 10.6. The van der Waals surface area contributed by atoms with Crippen molar-refractivity contribution in [3.05, 3.63) is 35.0 Å². The van der Waals surface area contributed by atoms with E-state index in [9.17, 15) is 0 Å². The number of rotatable bonds is 2. The van der Waals surface area contributed by atoms with Gasteiger partial charge in [-0.2, -0.15) is 5.26 Å². The van der Waals surface area contributed by atoms with Gasteiger partial charge in [0.05, 0.1) is 11.3 Å². The zero-order valence-corrected chi connectivity index (χ0v) is 11.4. The number of nitriles is 1. The van der Waals surface area contributed by atoms with E-state index in [1.165, 1.54) is 0 Å². The van der Waals surface area contributed by atoms with Gasteiger partial charge in [0.25, 0.3) is 0 Å². The van der Waals surface area contributed by atoms with Crippen molar-refractivity contribution in [3.63, 3.8) is 0 Å². The standard InChI is InChI=1S/C13H14N4S/c1-13(2,3)10-8-18-12(16-10)17-11-5-4-9(6-14)7-15-11/h4-5,7-8H,1-3H3,(H,15,16,17). The summed E-state index contributed by atoms with van der Waals surface area (Å²) in [6.45, 7) is 6.39. The summed E-state index contributed by atoms with van der Waals surface area (Å²) in [6.07, 6.45) is 1.54. The highest BCUT2D eigenvalue weighted by atomic mass is 32.1. The summed E-state index contributed by atoms with van der Waals surface area (Å²) in [5.41, 5.74) is 1.66. The van der Waals surface area contributed by atoms with Gasteiger partial charge in [-0.25, -0.2) is 9.97 Å². The Hall–Kier alpha value is -1.93. The molecule has 0 aliphatic rings. The summed E-state index contributed by atoms with van der Waals surface area (Å²) < 4.78 is 0. The van der Waals surface area contributed by atoms with Crippen molar-refractivity contribution in [1.29, 1.82) is 5.26 Å². The predicted molar refractivity (Wildman–Crippen MR) is 73.0 cm³/mol. The minimum Gasteiger partial charge on any atom is -0.316 e. The van der Waals surface area contributed by atoms with Gasteiger partial charge in [0.1, 0.15) is 11.9 Å². The maximum Gasteiger partial charge on any atom is 0.188 e. The first-order valence-corrected chi connectivity index (χ1v) is 6.46. The summed E-state index contributed by atoms with van der Waals surface area (Å²) in [7, 11) is 0. The maximum absolute atomic E-state index is 8.69. The minimum atomic E-state index is 0.0501. The number of hydrogen-bond acceptors (Lipinski definition) is 5. The molecule has 1 N–H and O–H groups in total. The molecule has 0 fully saturated rings. The van der Waals surface area contributed by atoms with E-state index in [0.29, 0.717) is 11.4 Å². The molecular formula is C13H14N4S. The summed E-state index contributed by atoms with van der Waals surface area (Å²) in [4.78, 5) is 8.67. The van der Waals surface area contributed by atoms with Crippen LogP contribution in [0, 0.1) is 11.3 Å². The van der Waals surface area contributed by atoms with Crippen LogP contribution in [0.25, 0.3) is 0 Å². The quantitative estimate of drug-likeness (QED) is 0.896. The molecule has 0 aromatic carbocycles. The van der Waals surface area contributed by atoms with Crippen LogP contribution in [0.4, 0.5) is 10.9 Å². The molecule has 5 heteroatoms. The summed E-state index contributed by atoms with van der Waals surface area (Å²) >= 11 is 1.55. The van der Waals surface area contributed by atoms with Crippen molar-refractivity contribution >= 4 is 22.3 Å². The van der Waals surface area contributed by atoms with Crippen molar-refractivity contribution in [2.45, 2.75) is 26.2 Å². The first-order chi connectivity index (χ1) is 8.49. The van der Waals surface area contributed by atoms with Crippen molar-refractivity contribution in [2.24, 2.45) is 0 Å². The van der Waals surface area contributed by atoms with Crippen LogP contribution in [0.1, 0.15) is 32.0 Å². The number of anilines is 2. The highest BCUT2D eigenvalue weighted by molar-refractivity contribution is 7.13. The molecule has 2 aromatic heterocycles. The molecule has 4 nitrogen and oxygen atoms in total. The molecule has 0 saturated carbocycles. The van der Waals surface area contributed by atoms with Gasteiger partial charge in [-0.15, -0.1) is 11.3 Å². The Morgan fingerprint density at radius 2 is 2.11 bits per heavy atom. The lowest BCUT2D eigenvalue weighted by Crippen LogP contribution is -2.11. The Labute approximate surface area is 110 Å². The molecule has 0 aliphatic heterocycles. The fourth-order valence-electron chi connectivity index (χ4n) is 1.32. The smallest absolute Gasteiger partial charge is 0.188 e. The molecule has 18 heavy (non-hydrogen) atoms. The lowest BCUT2D eigenvalue weighted by atomic mass is 9.93. The monoisotopic (exact) mass is 258 g/mol. The van der Waals surface area contributed by atoms with Crippen LogP contribution in [0.5, 0.6) is 0 Å². The molecule has 0 atom stereocenters. The molecule has 0 radical (unpaired) electrons. The first-order valence-electron chi connectivity index (χ1n) is 5.58. The molecule has 0 amide bonds. The fraction of sp³-hybridized carbons (Fsp3) is 0.308. The van der Waals surface area contributed by atoms with E-state index < -0.39 is 0 Å². The molecule has 92 valence electrons. The summed E-state index contributed by atoms with van der Waals surface area (Å²) in [5, 5.41) is 14.7. The first kappa shape index (κ1) is 12.5. The third kappa shape index (κ3) is 2.84. The van der Waals surface area contributed by atoms with E-state index in [4.69, 9.17) is 5.26 Å². The second-order valence-corrected chi connectivity index (χ2v) is 5.81. The van der Waals surface area contributed by atoms with Crippen LogP contribution < -0.4 is 5.32 Å². The lowest BCUT2D eigenvalue weighted by Gasteiger charge is -2.14. The number of aromatic nitrogens is 2. The van der Waals surface area contributed by atoms with Crippen molar-refractivity contribution < 1.29 is 0 Å². The molecule has 2 heterocycles. The number of nitrogens with zero attached hydrogens (tertiary/aromatic N) is 3. The van der Waals surface area contributed by atoms with Gasteiger partial charge in [0.2, 0.25) is 0 Å². The zero-order chi connectivity index (χ0) is 13.2. The molecule has 2 rings (SSSR count). The van der Waals surface area contributed by atoms with Gasteiger partial charge in [0.15, 0.2) is 5.13 Å². The van der Waals surface area contributed by atoms with Crippen LogP contribution in [-0.2, 0) is 5.41 Å². The van der Waals surface area contributed by atoms with E-state index in [1.54, 1.807) is 29.7 Å². The fourth-order valence-corrected chi connectivity index (χ4v) is 2.26. The number of pyridine rings is 1. The van der Waals surface area contributed by atoms with Gasteiger partial charge in [-0.3, -0.25) is 0 Å². The van der Waals surface area contributed by atoms with Crippen molar-refractivity contribution in [1.82, 2.24) is 9.97 Å². The van der Waals surface area contributed by atoms with E-state index >= 15 is 0 Å². The van der Waals surface area contributed by atoms with Crippen molar-refractivity contribution in [3.8, 4) is 6.07 Å². The average molecular weight is 258 g/mol. The van der Waals surface area contributed by atoms with Crippen LogP contribution in [0.3, 0.4) is 0 Å². The van der Waals surface area contributed by atoms with E-state index in [-0.39, 0.29) is 5.41 Å². The largest absolute Gasteiger partial charge is 0.316 e. The van der Waals surface area contributed by atoms with Gasteiger partial charge in [0, 0.05) is 17.0 Å². The average Bonchev–Trinajstić information content (AvgIpc) is 2.78. The third-order valence-electron chi connectivity index (χ3n) is 2.40. The molecule has 0 spiro atoms. The van der Waals surface area contributed by atoms with E-state index in [0.717, 1.165) is 10.8 Å². The Morgan fingerprint density at radius 3 is 2.61 bits per heavy atom. The van der Waals surface area contributed by atoms with Gasteiger partial charge < -0.3 is 5.32 Å². The van der Waals surface area contributed by atoms with Crippen LogP contribution in [0.2, 0.25) is 0 Å². The molecule has 0 bridgehead atoms. The lowest BCUT2D eigenvalue weighted by molar-refractivity contribution is 0.573. The predicted octanol–water partition coefficient (Wildman–Crippen LogP) is 3.45. The van der Waals surface area contributed by atoms with Crippen LogP contribution >= 0.6 is 11.3 Å². The molecule has 0 saturated heterocycles. The van der Waals surface area contributed by atoms with Gasteiger partial charge >= 0.3 is 0 Å². The SMILES string of the molecule is CC(C)(C)c1csc(Nc2ccc(C#N)cn2)n1. The second kappa shape index (κ2) is 4.75. The number of thiazole rings is 1. The Bertz CT molecular complexity index is 572.